The minimum atomic E-state index is -0.603. The Balaban J connectivity index is 1.91. The largest absolute Gasteiger partial charge is 0.348 e. The summed E-state index contributed by atoms with van der Waals surface area (Å²) in [6.45, 7) is 2.31. The average Bonchev–Trinajstić information content (AvgIpc) is 2.64. The van der Waals surface area contributed by atoms with Gasteiger partial charge in [0.2, 0.25) is 0 Å². The summed E-state index contributed by atoms with van der Waals surface area (Å²) < 4.78 is 15.0. The van der Waals surface area contributed by atoms with Crippen molar-refractivity contribution in [1.82, 2.24) is 19.9 Å². The molecule has 0 saturated carbocycles. The summed E-state index contributed by atoms with van der Waals surface area (Å²) >= 11 is 0. The number of benzene rings is 1. The van der Waals surface area contributed by atoms with Crippen LogP contribution < -0.4 is 16.6 Å². The van der Waals surface area contributed by atoms with Gasteiger partial charge in [0.15, 0.2) is 0 Å². The molecule has 0 aliphatic carbocycles. The van der Waals surface area contributed by atoms with Crippen molar-refractivity contribution in [3.05, 3.63) is 74.3 Å². The molecular weight excluding hydrogens is 339 g/mol. The summed E-state index contributed by atoms with van der Waals surface area (Å²) in [6, 6.07) is 7.50. The smallest absolute Gasteiger partial charge is 0.329 e. The molecule has 0 aliphatic heterocycles. The molecule has 0 fully saturated rings. The highest BCUT2D eigenvalue weighted by Crippen LogP contribution is 2.10. The van der Waals surface area contributed by atoms with E-state index in [0.717, 1.165) is 0 Å². The summed E-state index contributed by atoms with van der Waals surface area (Å²) in [5, 5.41) is 2.74. The summed E-state index contributed by atoms with van der Waals surface area (Å²) in [4.78, 5) is 42.6. The van der Waals surface area contributed by atoms with E-state index < -0.39 is 23.0 Å². The van der Waals surface area contributed by atoms with E-state index >= 15 is 0 Å². The molecule has 2 N–H and O–H groups in total. The number of aryl methyl sites for hydroxylation is 1. The third-order valence-electron chi connectivity index (χ3n) is 3.94. The standard InChI is InChI=1S/C18H17FN4O3/c1-2-7-23-15-13(17(25)22-18(23)26)8-12(10-20-15)16(24)21-9-11-5-3-4-6-14(11)19/h3-6,8,10H,2,7,9H2,1H3,(H,21,24)(H,22,25,26). The van der Waals surface area contributed by atoms with E-state index in [9.17, 15) is 18.8 Å². The fourth-order valence-electron chi connectivity index (χ4n) is 2.64. The Bertz CT molecular complexity index is 1090. The highest BCUT2D eigenvalue weighted by Gasteiger charge is 2.13. The van der Waals surface area contributed by atoms with Crippen molar-refractivity contribution in [3.63, 3.8) is 0 Å². The Morgan fingerprint density at radius 2 is 2.08 bits per heavy atom. The molecule has 134 valence electrons. The van der Waals surface area contributed by atoms with Gasteiger partial charge in [0.25, 0.3) is 11.5 Å². The van der Waals surface area contributed by atoms with Crippen molar-refractivity contribution >= 4 is 16.9 Å². The molecule has 26 heavy (non-hydrogen) atoms. The molecule has 0 bridgehead atoms. The number of hydrogen-bond acceptors (Lipinski definition) is 4. The Morgan fingerprint density at radius 3 is 2.81 bits per heavy atom. The van der Waals surface area contributed by atoms with Crippen molar-refractivity contribution in [1.29, 1.82) is 0 Å². The zero-order valence-corrected chi connectivity index (χ0v) is 14.1. The van der Waals surface area contributed by atoms with Gasteiger partial charge in [-0.25, -0.2) is 14.2 Å². The van der Waals surface area contributed by atoms with Gasteiger partial charge in [-0.15, -0.1) is 0 Å². The van der Waals surface area contributed by atoms with E-state index in [1.54, 1.807) is 18.2 Å². The first-order valence-electron chi connectivity index (χ1n) is 8.15. The quantitative estimate of drug-likeness (QED) is 0.725. The molecule has 1 aromatic carbocycles. The SMILES string of the molecule is CCCn1c(=O)[nH]c(=O)c2cc(C(=O)NCc3ccccc3F)cnc21. The summed E-state index contributed by atoms with van der Waals surface area (Å²) in [6.07, 6.45) is 1.98. The van der Waals surface area contributed by atoms with Crippen LogP contribution >= 0.6 is 0 Å². The lowest BCUT2D eigenvalue weighted by Gasteiger charge is -2.09. The van der Waals surface area contributed by atoms with E-state index in [2.05, 4.69) is 15.3 Å². The lowest BCUT2D eigenvalue weighted by atomic mass is 10.2. The van der Waals surface area contributed by atoms with Gasteiger partial charge in [-0.05, 0) is 18.6 Å². The Hall–Kier alpha value is -3.29. The molecule has 2 aromatic heterocycles. The van der Waals surface area contributed by atoms with E-state index in [-0.39, 0.29) is 23.1 Å². The molecule has 3 rings (SSSR count). The summed E-state index contributed by atoms with van der Waals surface area (Å²) in [5.74, 6) is -0.903. The molecule has 0 saturated heterocycles. The number of H-pyrrole nitrogens is 1. The number of halogens is 1. The normalized spacial score (nSPS) is 10.8. The number of amides is 1. The lowest BCUT2D eigenvalue weighted by molar-refractivity contribution is 0.0950. The van der Waals surface area contributed by atoms with E-state index in [1.807, 2.05) is 6.92 Å². The maximum Gasteiger partial charge on any atom is 0.329 e. The number of rotatable bonds is 5. The molecule has 0 aliphatic rings. The van der Waals surface area contributed by atoms with E-state index in [0.29, 0.717) is 18.5 Å². The lowest BCUT2D eigenvalue weighted by Crippen LogP contribution is -2.31. The fraction of sp³-hybridized carbons (Fsp3) is 0.222. The highest BCUT2D eigenvalue weighted by atomic mass is 19.1. The first-order valence-corrected chi connectivity index (χ1v) is 8.15. The predicted octanol–water partition coefficient (Wildman–Crippen LogP) is 1.56. The minimum absolute atomic E-state index is 0.00916. The number of carbonyl (C=O) groups is 1. The van der Waals surface area contributed by atoms with Crippen molar-refractivity contribution in [2.24, 2.45) is 0 Å². The van der Waals surface area contributed by atoms with E-state index in [4.69, 9.17) is 0 Å². The molecule has 3 aromatic rings. The highest BCUT2D eigenvalue weighted by molar-refractivity contribution is 5.96. The summed E-state index contributed by atoms with van der Waals surface area (Å²) in [5.41, 5.74) is -0.404. The number of aromatic amines is 1. The van der Waals surface area contributed by atoms with Crippen LogP contribution in [0.25, 0.3) is 11.0 Å². The Kier molecular flexibility index (Phi) is 4.92. The van der Waals surface area contributed by atoms with Crippen molar-refractivity contribution in [2.45, 2.75) is 26.4 Å². The first kappa shape index (κ1) is 17.5. The van der Waals surface area contributed by atoms with Gasteiger partial charge in [0, 0.05) is 24.8 Å². The average molecular weight is 356 g/mol. The predicted molar refractivity (Wildman–Crippen MR) is 94.5 cm³/mol. The van der Waals surface area contributed by atoms with Gasteiger partial charge in [-0.2, -0.15) is 0 Å². The Morgan fingerprint density at radius 1 is 1.31 bits per heavy atom. The topological polar surface area (TPSA) is 96.9 Å². The fourth-order valence-corrected chi connectivity index (χ4v) is 2.64. The van der Waals surface area contributed by atoms with Crippen LogP contribution in [0.5, 0.6) is 0 Å². The maximum atomic E-state index is 13.6. The van der Waals surface area contributed by atoms with Gasteiger partial charge in [-0.1, -0.05) is 25.1 Å². The number of fused-ring (bicyclic) bond motifs is 1. The van der Waals surface area contributed by atoms with Gasteiger partial charge >= 0.3 is 5.69 Å². The third-order valence-corrected chi connectivity index (χ3v) is 3.94. The van der Waals surface area contributed by atoms with Gasteiger partial charge in [-0.3, -0.25) is 19.1 Å². The molecule has 2 heterocycles. The molecule has 8 heteroatoms. The number of pyridine rings is 1. The van der Waals surface area contributed by atoms with Gasteiger partial charge in [0.1, 0.15) is 11.5 Å². The Labute approximate surface area is 147 Å². The van der Waals surface area contributed by atoms with Gasteiger partial charge in [0.05, 0.1) is 10.9 Å². The first-order chi connectivity index (χ1) is 12.5. The van der Waals surface area contributed by atoms with Crippen LogP contribution in [0.3, 0.4) is 0 Å². The van der Waals surface area contributed by atoms with Crippen LogP contribution in [0, 0.1) is 5.82 Å². The van der Waals surface area contributed by atoms with Crippen molar-refractivity contribution in [3.8, 4) is 0 Å². The molecule has 0 radical (unpaired) electrons. The van der Waals surface area contributed by atoms with Crippen LogP contribution in [-0.2, 0) is 13.1 Å². The molecule has 0 atom stereocenters. The summed E-state index contributed by atoms with van der Waals surface area (Å²) in [7, 11) is 0. The van der Waals surface area contributed by atoms with E-state index in [1.165, 1.54) is 22.9 Å². The van der Waals surface area contributed by atoms with Crippen LogP contribution in [0.2, 0.25) is 0 Å². The van der Waals surface area contributed by atoms with Crippen LogP contribution in [0.15, 0.2) is 46.1 Å². The number of nitrogens with one attached hydrogen (secondary N) is 2. The monoisotopic (exact) mass is 356 g/mol. The van der Waals surface area contributed by atoms with Crippen LogP contribution in [0.1, 0.15) is 29.3 Å². The van der Waals surface area contributed by atoms with Crippen LogP contribution in [-0.4, -0.2) is 20.4 Å². The second kappa shape index (κ2) is 7.30. The van der Waals surface area contributed by atoms with Crippen LogP contribution in [0.4, 0.5) is 4.39 Å². The molecule has 1 amide bonds. The number of hydrogen-bond donors (Lipinski definition) is 2. The van der Waals surface area contributed by atoms with Crippen molar-refractivity contribution < 1.29 is 9.18 Å². The van der Waals surface area contributed by atoms with Crippen molar-refractivity contribution in [2.75, 3.05) is 0 Å². The zero-order chi connectivity index (χ0) is 18.7. The number of carbonyl (C=O) groups excluding carboxylic acids is 1. The molecule has 0 unspecified atom stereocenters. The third kappa shape index (κ3) is 3.39. The second-order valence-electron chi connectivity index (χ2n) is 5.78. The molecule has 0 spiro atoms. The second-order valence-corrected chi connectivity index (χ2v) is 5.78. The molecular formula is C18H17FN4O3. The minimum Gasteiger partial charge on any atom is -0.348 e. The molecule has 7 nitrogen and oxygen atoms in total. The number of nitrogens with zero attached hydrogens (tertiary/aromatic N) is 2. The zero-order valence-electron chi connectivity index (χ0n) is 14.1. The maximum absolute atomic E-state index is 13.6. The number of aromatic nitrogens is 3. The van der Waals surface area contributed by atoms with Gasteiger partial charge < -0.3 is 5.32 Å².